The molecular formula is C18H30N2. The lowest BCUT2D eigenvalue weighted by Crippen LogP contribution is -2.44. The van der Waals surface area contributed by atoms with Crippen molar-refractivity contribution in [3.05, 3.63) is 29.8 Å². The van der Waals surface area contributed by atoms with Crippen molar-refractivity contribution in [2.24, 2.45) is 5.92 Å². The van der Waals surface area contributed by atoms with Crippen LogP contribution in [-0.2, 0) is 6.42 Å². The second-order valence-corrected chi connectivity index (χ2v) is 6.18. The molecule has 1 saturated heterocycles. The van der Waals surface area contributed by atoms with Gasteiger partial charge in [0.25, 0.3) is 0 Å². The van der Waals surface area contributed by atoms with Gasteiger partial charge in [0, 0.05) is 31.9 Å². The van der Waals surface area contributed by atoms with Gasteiger partial charge in [0.15, 0.2) is 0 Å². The standard InChI is InChI=1S/C18H30N2/c1-4-16(5-2)6-7-17-8-10-18(11-9-17)20-14-12-19(3)13-15-20/h8-11,16H,4-7,12-15H2,1-3H3. The molecule has 1 heterocycles. The van der Waals surface area contributed by atoms with E-state index in [0.717, 1.165) is 19.0 Å². The molecule has 20 heavy (non-hydrogen) atoms. The lowest BCUT2D eigenvalue weighted by Gasteiger charge is -2.34. The lowest BCUT2D eigenvalue weighted by molar-refractivity contribution is 0.313. The van der Waals surface area contributed by atoms with Crippen molar-refractivity contribution in [1.29, 1.82) is 0 Å². The van der Waals surface area contributed by atoms with E-state index in [0.29, 0.717) is 0 Å². The van der Waals surface area contributed by atoms with E-state index in [9.17, 15) is 0 Å². The van der Waals surface area contributed by atoms with Gasteiger partial charge in [-0.2, -0.15) is 0 Å². The Morgan fingerprint density at radius 3 is 2.10 bits per heavy atom. The molecule has 2 rings (SSSR count). The number of likely N-dealkylation sites (N-methyl/N-ethyl adjacent to an activating group) is 1. The zero-order valence-electron chi connectivity index (χ0n) is 13.4. The Kier molecular flexibility index (Phi) is 5.90. The summed E-state index contributed by atoms with van der Waals surface area (Å²) in [4.78, 5) is 4.91. The highest BCUT2D eigenvalue weighted by molar-refractivity contribution is 5.48. The molecule has 0 radical (unpaired) electrons. The van der Waals surface area contributed by atoms with Crippen LogP contribution in [0.3, 0.4) is 0 Å². The van der Waals surface area contributed by atoms with E-state index in [1.54, 1.807) is 0 Å². The molecule has 1 aromatic carbocycles. The molecule has 2 heteroatoms. The Morgan fingerprint density at radius 1 is 0.950 bits per heavy atom. The number of hydrogen-bond donors (Lipinski definition) is 0. The van der Waals surface area contributed by atoms with E-state index >= 15 is 0 Å². The number of rotatable bonds is 6. The molecule has 112 valence electrons. The fourth-order valence-corrected chi connectivity index (χ4v) is 3.01. The number of nitrogens with zero attached hydrogens (tertiary/aromatic N) is 2. The van der Waals surface area contributed by atoms with Gasteiger partial charge in [0.1, 0.15) is 0 Å². The van der Waals surface area contributed by atoms with Gasteiger partial charge in [0.2, 0.25) is 0 Å². The summed E-state index contributed by atoms with van der Waals surface area (Å²) in [5.74, 6) is 0.896. The molecule has 0 amide bonds. The van der Waals surface area contributed by atoms with Crippen molar-refractivity contribution in [1.82, 2.24) is 4.90 Å². The van der Waals surface area contributed by atoms with Crippen molar-refractivity contribution in [3.8, 4) is 0 Å². The molecule has 2 nitrogen and oxygen atoms in total. The van der Waals surface area contributed by atoms with Crippen molar-refractivity contribution in [2.75, 3.05) is 38.1 Å². The van der Waals surface area contributed by atoms with Crippen LogP contribution >= 0.6 is 0 Å². The van der Waals surface area contributed by atoms with E-state index in [1.807, 2.05) is 0 Å². The quantitative estimate of drug-likeness (QED) is 0.778. The Hall–Kier alpha value is -1.02. The van der Waals surface area contributed by atoms with E-state index in [4.69, 9.17) is 0 Å². The number of anilines is 1. The largest absolute Gasteiger partial charge is 0.369 e. The second-order valence-electron chi connectivity index (χ2n) is 6.18. The van der Waals surface area contributed by atoms with Gasteiger partial charge in [-0.15, -0.1) is 0 Å². The summed E-state index contributed by atoms with van der Waals surface area (Å²) < 4.78 is 0. The summed E-state index contributed by atoms with van der Waals surface area (Å²) in [6, 6.07) is 9.28. The van der Waals surface area contributed by atoms with Crippen LogP contribution in [0.15, 0.2) is 24.3 Å². The maximum Gasteiger partial charge on any atom is 0.0367 e. The van der Waals surface area contributed by atoms with E-state index in [1.165, 1.54) is 50.0 Å². The summed E-state index contributed by atoms with van der Waals surface area (Å²) in [5.41, 5.74) is 2.89. The first-order chi connectivity index (χ1) is 9.72. The first-order valence-electron chi connectivity index (χ1n) is 8.25. The van der Waals surface area contributed by atoms with Crippen LogP contribution in [0.1, 0.15) is 38.7 Å². The molecular weight excluding hydrogens is 244 g/mol. The zero-order chi connectivity index (χ0) is 14.4. The Morgan fingerprint density at radius 2 is 1.55 bits per heavy atom. The molecule has 0 aliphatic carbocycles. The molecule has 1 aromatic rings. The van der Waals surface area contributed by atoms with E-state index in [2.05, 4.69) is 55.0 Å². The molecule has 0 bridgehead atoms. The van der Waals surface area contributed by atoms with Crippen LogP contribution in [0.25, 0.3) is 0 Å². The average Bonchev–Trinajstić information content (AvgIpc) is 2.50. The third-order valence-electron chi connectivity index (χ3n) is 4.80. The highest BCUT2D eigenvalue weighted by Gasteiger charge is 2.14. The van der Waals surface area contributed by atoms with Crippen LogP contribution in [0.5, 0.6) is 0 Å². The van der Waals surface area contributed by atoms with Gasteiger partial charge >= 0.3 is 0 Å². The summed E-state index contributed by atoms with van der Waals surface area (Å²) in [6.07, 6.45) is 5.20. The fraction of sp³-hybridized carbons (Fsp3) is 0.667. The minimum Gasteiger partial charge on any atom is -0.369 e. The van der Waals surface area contributed by atoms with Gasteiger partial charge in [-0.05, 0) is 43.5 Å². The SMILES string of the molecule is CCC(CC)CCc1ccc(N2CCN(C)CC2)cc1. The summed E-state index contributed by atoms with van der Waals surface area (Å²) in [7, 11) is 2.21. The van der Waals surface area contributed by atoms with Crippen molar-refractivity contribution >= 4 is 5.69 Å². The minimum absolute atomic E-state index is 0.896. The maximum absolute atomic E-state index is 2.50. The smallest absolute Gasteiger partial charge is 0.0367 e. The van der Waals surface area contributed by atoms with Gasteiger partial charge in [-0.1, -0.05) is 38.8 Å². The number of aryl methyl sites for hydroxylation is 1. The highest BCUT2D eigenvalue weighted by Crippen LogP contribution is 2.20. The zero-order valence-corrected chi connectivity index (χ0v) is 13.4. The first-order valence-corrected chi connectivity index (χ1v) is 8.25. The molecule has 0 aromatic heterocycles. The molecule has 0 spiro atoms. The Bertz CT molecular complexity index is 373. The molecule has 0 unspecified atom stereocenters. The van der Waals surface area contributed by atoms with E-state index < -0.39 is 0 Å². The van der Waals surface area contributed by atoms with Crippen LogP contribution in [0, 0.1) is 5.92 Å². The van der Waals surface area contributed by atoms with E-state index in [-0.39, 0.29) is 0 Å². The predicted molar refractivity (Wildman–Crippen MR) is 88.5 cm³/mol. The molecule has 0 saturated carbocycles. The van der Waals surface area contributed by atoms with Crippen molar-refractivity contribution in [2.45, 2.75) is 39.5 Å². The van der Waals surface area contributed by atoms with Gasteiger partial charge in [-0.3, -0.25) is 0 Å². The van der Waals surface area contributed by atoms with Crippen LogP contribution in [0.2, 0.25) is 0 Å². The number of piperazine rings is 1. The van der Waals surface area contributed by atoms with Crippen LogP contribution in [-0.4, -0.2) is 38.1 Å². The highest BCUT2D eigenvalue weighted by atomic mass is 15.2. The summed E-state index contributed by atoms with van der Waals surface area (Å²) in [5, 5.41) is 0. The Labute approximate surface area is 124 Å². The van der Waals surface area contributed by atoms with Gasteiger partial charge in [-0.25, -0.2) is 0 Å². The molecule has 0 N–H and O–H groups in total. The second kappa shape index (κ2) is 7.68. The normalized spacial score (nSPS) is 16.9. The van der Waals surface area contributed by atoms with Gasteiger partial charge < -0.3 is 9.80 Å². The third kappa shape index (κ3) is 4.24. The third-order valence-corrected chi connectivity index (χ3v) is 4.80. The number of benzene rings is 1. The molecule has 1 aliphatic rings. The first kappa shape index (κ1) is 15.4. The average molecular weight is 274 g/mol. The molecule has 0 atom stereocenters. The van der Waals surface area contributed by atoms with Crippen molar-refractivity contribution in [3.63, 3.8) is 0 Å². The monoisotopic (exact) mass is 274 g/mol. The minimum atomic E-state index is 0.896. The summed E-state index contributed by atoms with van der Waals surface area (Å²) >= 11 is 0. The number of hydrogen-bond acceptors (Lipinski definition) is 2. The Balaban J connectivity index is 1.86. The van der Waals surface area contributed by atoms with Crippen LogP contribution < -0.4 is 4.90 Å². The fourth-order valence-electron chi connectivity index (χ4n) is 3.01. The predicted octanol–water partition coefficient (Wildman–Crippen LogP) is 3.81. The lowest BCUT2D eigenvalue weighted by atomic mass is 9.95. The molecule has 1 aliphatic heterocycles. The van der Waals surface area contributed by atoms with Crippen LogP contribution in [0.4, 0.5) is 5.69 Å². The van der Waals surface area contributed by atoms with Gasteiger partial charge in [0.05, 0.1) is 0 Å². The van der Waals surface area contributed by atoms with Crippen molar-refractivity contribution < 1.29 is 0 Å². The summed E-state index contributed by atoms with van der Waals surface area (Å²) in [6.45, 7) is 9.29. The topological polar surface area (TPSA) is 6.48 Å². The maximum atomic E-state index is 2.50. The molecule has 1 fully saturated rings.